The molecule has 3 N–H and O–H groups in total. The van der Waals surface area contributed by atoms with Crippen LogP contribution in [0.25, 0.3) is 11.0 Å². The molecule has 0 unspecified atom stereocenters. The van der Waals surface area contributed by atoms with Gasteiger partial charge in [0.05, 0.1) is 5.56 Å². The Labute approximate surface area is 175 Å². The Morgan fingerprint density at radius 2 is 2.00 bits per heavy atom. The number of nitrogens with two attached hydrogens (primary N) is 1. The summed E-state index contributed by atoms with van der Waals surface area (Å²) in [6.07, 6.45) is 4.91. The van der Waals surface area contributed by atoms with E-state index in [2.05, 4.69) is 9.97 Å². The second-order valence-electron chi connectivity index (χ2n) is 6.73. The normalized spacial score (nSPS) is 14.4. The number of aromatic amines is 1. The van der Waals surface area contributed by atoms with Crippen molar-refractivity contribution in [2.75, 3.05) is 13.1 Å². The monoisotopic (exact) mass is 424 g/mol. The zero-order valence-corrected chi connectivity index (χ0v) is 16.9. The van der Waals surface area contributed by atoms with Gasteiger partial charge in [-0.25, -0.2) is 9.37 Å². The van der Waals surface area contributed by atoms with Crippen molar-refractivity contribution in [3.05, 3.63) is 65.2 Å². The van der Waals surface area contributed by atoms with Crippen molar-refractivity contribution < 1.29 is 9.18 Å². The number of amides is 1. The molecule has 3 heterocycles. The van der Waals surface area contributed by atoms with Crippen molar-refractivity contribution in [3.63, 3.8) is 0 Å². The van der Waals surface area contributed by atoms with Gasteiger partial charge in [0.2, 0.25) is 0 Å². The van der Waals surface area contributed by atoms with E-state index < -0.39 is 0 Å². The second-order valence-corrected chi connectivity index (χ2v) is 6.73. The summed E-state index contributed by atoms with van der Waals surface area (Å²) in [4.78, 5) is 22.0. The summed E-state index contributed by atoms with van der Waals surface area (Å²) in [7, 11) is 0. The number of hydrogen-bond acceptors (Lipinski definition) is 3. The number of piperidine rings is 1. The third-order valence-electron chi connectivity index (χ3n) is 5.20. The lowest BCUT2D eigenvalue weighted by Gasteiger charge is -2.32. The minimum atomic E-state index is -0.185. The standard InChI is InChI=1S/C20H21FN4O.2ClH/c21-18-4-3-13(11-22)10-16(18)14-5-8-25(9-6-14)20(26)17-12-24-19-15(17)2-1-7-23-19;;/h1-4,7,10,12,14H,5-6,8-9,11,22H2,(H,23,24);2*1H. The highest BCUT2D eigenvalue weighted by molar-refractivity contribution is 6.05. The number of carbonyl (C=O) groups is 1. The summed E-state index contributed by atoms with van der Waals surface area (Å²) in [5.74, 6) is -0.0660. The van der Waals surface area contributed by atoms with Crippen LogP contribution in [-0.2, 0) is 6.54 Å². The number of benzene rings is 1. The van der Waals surface area contributed by atoms with Crippen LogP contribution in [0.15, 0.2) is 42.7 Å². The molecular formula is C20H23Cl2FN4O. The van der Waals surface area contributed by atoms with Gasteiger partial charge in [0.25, 0.3) is 5.91 Å². The van der Waals surface area contributed by atoms with Gasteiger partial charge in [0.1, 0.15) is 11.5 Å². The van der Waals surface area contributed by atoms with E-state index in [-0.39, 0.29) is 42.5 Å². The minimum Gasteiger partial charge on any atom is -0.345 e. The van der Waals surface area contributed by atoms with Crippen LogP contribution in [0.5, 0.6) is 0 Å². The molecule has 1 fully saturated rings. The number of nitrogens with one attached hydrogen (secondary N) is 1. The molecule has 0 spiro atoms. The lowest BCUT2D eigenvalue weighted by Crippen LogP contribution is -2.38. The van der Waals surface area contributed by atoms with Gasteiger partial charge in [-0.3, -0.25) is 4.79 Å². The van der Waals surface area contributed by atoms with Crippen LogP contribution in [0.4, 0.5) is 4.39 Å². The highest BCUT2D eigenvalue weighted by Gasteiger charge is 2.27. The number of nitrogens with zero attached hydrogens (tertiary/aromatic N) is 2. The van der Waals surface area contributed by atoms with E-state index in [4.69, 9.17) is 5.73 Å². The molecule has 1 aliphatic rings. The SMILES string of the molecule is Cl.Cl.NCc1ccc(F)c(C2CCN(C(=O)c3c[nH]c4ncccc34)CC2)c1. The molecule has 1 aliphatic heterocycles. The van der Waals surface area contributed by atoms with Gasteiger partial charge in [0, 0.05) is 37.4 Å². The summed E-state index contributed by atoms with van der Waals surface area (Å²) in [6.45, 7) is 1.63. The van der Waals surface area contributed by atoms with Crippen LogP contribution >= 0.6 is 24.8 Å². The molecule has 28 heavy (non-hydrogen) atoms. The Morgan fingerprint density at radius 1 is 1.25 bits per heavy atom. The van der Waals surface area contributed by atoms with Gasteiger partial charge < -0.3 is 15.6 Å². The highest BCUT2D eigenvalue weighted by Crippen LogP contribution is 2.31. The number of carbonyl (C=O) groups excluding carboxylic acids is 1. The Morgan fingerprint density at radius 3 is 2.71 bits per heavy atom. The number of rotatable bonds is 3. The Kier molecular flexibility index (Phi) is 7.41. The molecule has 0 aliphatic carbocycles. The molecule has 4 rings (SSSR count). The fraction of sp³-hybridized carbons (Fsp3) is 0.300. The molecule has 5 nitrogen and oxygen atoms in total. The maximum Gasteiger partial charge on any atom is 0.256 e. The molecule has 8 heteroatoms. The maximum absolute atomic E-state index is 14.2. The summed E-state index contributed by atoms with van der Waals surface area (Å²) >= 11 is 0. The molecule has 0 bridgehead atoms. The summed E-state index contributed by atoms with van der Waals surface area (Å²) in [6, 6.07) is 8.80. The van der Waals surface area contributed by atoms with Crippen LogP contribution in [0.3, 0.4) is 0 Å². The van der Waals surface area contributed by atoms with Gasteiger partial charge >= 0.3 is 0 Å². The topological polar surface area (TPSA) is 75.0 Å². The maximum atomic E-state index is 14.2. The number of fused-ring (bicyclic) bond motifs is 1. The van der Waals surface area contributed by atoms with Gasteiger partial charge in [-0.1, -0.05) is 12.1 Å². The van der Waals surface area contributed by atoms with E-state index in [1.54, 1.807) is 18.5 Å². The largest absolute Gasteiger partial charge is 0.345 e. The number of pyridine rings is 1. The third-order valence-corrected chi connectivity index (χ3v) is 5.20. The van der Waals surface area contributed by atoms with E-state index in [9.17, 15) is 9.18 Å². The molecule has 1 amide bonds. The fourth-order valence-corrected chi connectivity index (χ4v) is 3.73. The first-order valence-electron chi connectivity index (χ1n) is 8.87. The van der Waals surface area contributed by atoms with E-state index in [0.29, 0.717) is 30.8 Å². The zero-order chi connectivity index (χ0) is 18.1. The number of likely N-dealkylation sites (tertiary alicyclic amines) is 1. The van der Waals surface area contributed by atoms with Crippen molar-refractivity contribution in [2.24, 2.45) is 5.73 Å². The number of aromatic nitrogens is 2. The van der Waals surface area contributed by atoms with E-state index in [0.717, 1.165) is 29.4 Å². The van der Waals surface area contributed by atoms with Gasteiger partial charge in [-0.15, -0.1) is 24.8 Å². The first-order valence-corrected chi connectivity index (χ1v) is 8.87. The molecule has 1 saturated heterocycles. The quantitative estimate of drug-likeness (QED) is 0.666. The summed E-state index contributed by atoms with van der Waals surface area (Å²) in [5.41, 5.74) is 8.69. The van der Waals surface area contributed by atoms with Crippen molar-refractivity contribution in [2.45, 2.75) is 25.3 Å². The van der Waals surface area contributed by atoms with Gasteiger partial charge in [-0.05, 0) is 48.1 Å². The van der Waals surface area contributed by atoms with Crippen LogP contribution in [0.1, 0.15) is 40.2 Å². The first-order chi connectivity index (χ1) is 12.7. The Hall–Kier alpha value is -2.15. The summed E-state index contributed by atoms with van der Waals surface area (Å²) in [5, 5.41) is 0.835. The fourth-order valence-electron chi connectivity index (χ4n) is 3.73. The van der Waals surface area contributed by atoms with Crippen molar-refractivity contribution in [3.8, 4) is 0 Å². The number of H-pyrrole nitrogens is 1. The predicted molar refractivity (Wildman–Crippen MR) is 113 cm³/mol. The van der Waals surface area contributed by atoms with Crippen molar-refractivity contribution in [1.29, 1.82) is 0 Å². The van der Waals surface area contributed by atoms with E-state index in [1.807, 2.05) is 23.1 Å². The lowest BCUT2D eigenvalue weighted by atomic mass is 9.88. The van der Waals surface area contributed by atoms with Crippen molar-refractivity contribution >= 4 is 41.8 Å². The van der Waals surface area contributed by atoms with E-state index >= 15 is 0 Å². The van der Waals surface area contributed by atoms with Crippen LogP contribution < -0.4 is 5.73 Å². The Bertz CT molecular complexity index is 954. The molecule has 150 valence electrons. The second kappa shape index (κ2) is 9.37. The average molecular weight is 425 g/mol. The van der Waals surface area contributed by atoms with Crippen LogP contribution in [0, 0.1) is 5.82 Å². The van der Waals surface area contributed by atoms with Crippen LogP contribution in [-0.4, -0.2) is 33.9 Å². The van der Waals surface area contributed by atoms with E-state index in [1.165, 1.54) is 6.07 Å². The average Bonchev–Trinajstić information content (AvgIpc) is 3.12. The van der Waals surface area contributed by atoms with Crippen LogP contribution in [0.2, 0.25) is 0 Å². The lowest BCUT2D eigenvalue weighted by molar-refractivity contribution is 0.0714. The zero-order valence-electron chi connectivity index (χ0n) is 15.2. The number of halogens is 3. The molecule has 0 radical (unpaired) electrons. The van der Waals surface area contributed by atoms with Crippen molar-refractivity contribution in [1.82, 2.24) is 14.9 Å². The molecule has 0 saturated carbocycles. The molecule has 0 atom stereocenters. The first kappa shape index (κ1) is 22.1. The summed E-state index contributed by atoms with van der Waals surface area (Å²) < 4.78 is 14.2. The predicted octanol–water partition coefficient (Wildman–Crippen LogP) is 4.02. The molecule has 1 aromatic carbocycles. The third kappa shape index (κ3) is 4.14. The molecule has 3 aromatic rings. The highest BCUT2D eigenvalue weighted by atomic mass is 35.5. The number of hydrogen-bond donors (Lipinski definition) is 2. The molecular weight excluding hydrogens is 402 g/mol. The smallest absolute Gasteiger partial charge is 0.256 e. The minimum absolute atomic E-state index is 0. The molecule has 2 aromatic heterocycles. The Balaban J connectivity index is 0.00000140. The van der Waals surface area contributed by atoms with Gasteiger partial charge in [0.15, 0.2) is 0 Å². The van der Waals surface area contributed by atoms with Gasteiger partial charge in [-0.2, -0.15) is 0 Å².